The summed E-state index contributed by atoms with van der Waals surface area (Å²) in [4.78, 5) is 49.8. The van der Waals surface area contributed by atoms with E-state index >= 15 is 0 Å². The Kier molecular flexibility index (Phi) is 6.51. The zero-order chi connectivity index (χ0) is 24.2. The maximum absolute atomic E-state index is 12.8. The number of anilines is 1. The lowest BCUT2D eigenvalue weighted by molar-refractivity contribution is -0.127. The molecule has 4 rings (SSSR count). The zero-order valence-electron chi connectivity index (χ0n) is 17.9. The summed E-state index contributed by atoms with van der Waals surface area (Å²) in [6.45, 7) is -0.411. The molecule has 0 bridgehead atoms. The Morgan fingerprint density at radius 2 is 1.76 bits per heavy atom. The van der Waals surface area contributed by atoms with Crippen molar-refractivity contribution in [3.05, 3.63) is 83.0 Å². The van der Waals surface area contributed by atoms with Crippen LogP contribution in [0.3, 0.4) is 0 Å². The van der Waals surface area contributed by atoms with Crippen molar-refractivity contribution in [1.82, 2.24) is 9.47 Å². The van der Waals surface area contributed by atoms with Crippen LogP contribution in [0.5, 0.6) is 5.75 Å². The van der Waals surface area contributed by atoms with E-state index in [2.05, 4.69) is 5.32 Å². The smallest absolute Gasteiger partial charge is 0.335 e. The average Bonchev–Trinajstić information content (AvgIpc) is 3.39. The molecule has 0 atom stereocenters. The third kappa shape index (κ3) is 4.86. The van der Waals surface area contributed by atoms with E-state index in [0.717, 1.165) is 16.7 Å². The summed E-state index contributed by atoms with van der Waals surface area (Å²) in [7, 11) is 1.53. The highest BCUT2D eigenvalue weighted by Gasteiger charge is 2.36. The Morgan fingerprint density at radius 3 is 2.41 bits per heavy atom. The molecular formula is C24H19N3O6S. The Balaban J connectivity index is 1.47. The third-order valence-corrected chi connectivity index (χ3v) is 5.91. The van der Waals surface area contributed by atoms with Crippen molar-refractivity contribution in [2.24, 2.45) is 0 Å². The van der Waals surface area contributed by atoms with Crippen LogP contribution < -0.4 is 10.1 Å². The van der Waals surface area contributed by atoms with Gasteiger partial charge in [0, 0.05) is 23.3 Å². The van der Waals surface area contributed by atoms with E-state index in [1.54, 1.807) is 65.4 Å². The largest absolute Gasteiger partial charge is 0.497 e. The number of rotatable bonds is 7. The highest BCUT2D eigenvalue weighted by molar-refractivity contribution is 8.18. The molecule has 1 fully saturated rings. The molecule has 172 valence electrons. The summed E-state index contributed by atoms with van der Waals surface area (Å²) >= 11 is 0.754. The summed E-state index contributed by atoms with van der Waals surface area (Å²) in [5.41, 5.74) is 1.99. The van der Waals surface area contributed by atoms with Crippen LogP contribution >= 0.6 is 11.8 Å². The number of carboxylic acid groups (broad SMARTS) is 1. The van der Waals surface area contributed by atoms with E-state index in [-0.39, 0.29) is 10.5 Å². The molecule has 0 saturated carbocycles. The van der Waals surface area contributed by atoms with Crippen LogP contribution in [-0.4, -0.2) is 51.3 Å². The average molecular weight is 477 g/mol. The van der Waals surface area contributed by atoms with Gasteiger partial charge in [-0.2, -0.15) is 0 Å². The number of benzene rings is 2. The lowest BCUT2D eigenvalue weighted by Crippen LogP contribution is -2.36. The Morgan fingerprint density at radius 1 is 1.06 bits per heavy atom. The van der Waals surface area contributed by atoms with E-state index in [1.165, 1.54) is 19.2 Å². The number of nitrogens with zero attached hydrogens (tertiary/aromatic N) is 2. The number of carbonyl (C=O) groups is 4. The van der Waals surface area contributed by atoms with Gasteiger partial charge < -0.3 is 19.7 Å². The van der Waals surface area contributed by atoms with E-state index in [1.807, 2.05) is 0 Å². The second-order valence-electron chi connectivity index (χ2n) is 7.20. The highest BCUT2D eigenvalue weighted by atomic mass is 32.2. The monoisotopic (exact) mass is 477 g/mol. The number of aromatic carboxylic acids is 1. The number of aromatic nitrogens is 1. The van der Waals surface area contributed by atoms with Crippen LogP contribution in [0, 0.1) is 0 Å². The number of hydrogen-bond donors (Lipinski definition) is 2. The molecule has 3 aromatic rings. The number of imide groups is 1. The van der Waals surface area contributed by atoms with Crippen molar-refractivity contribution in [1.29, 1.82) is 0 Å². The van der Waals surface area contributed by atoms with Crippen molar-refractivity contribution in [2.75, 3.05) is 19.0 Å². The number of ether oxygens (including phenoxy) is 1. The fourth-order valence-corrected chi connectivity index (χ4v) is 4.12. The summed E-state index contributed by atoms with van der Waals surface area (Å²) in [6, 6.07) is 16.5. The first-order chi connectivity index (χ1) is 16.4. The van der Waals surface area contributed by atoms with Gasteiger partial charge in [-0.25, -0.2) is 4.79 Å². The van der Waals surface area contributed by atoms with Crippen LogP contribution in [0.25, 0.3) is 11.8 Å². The maximum Gasteiger partial charge on any atom is 0.335 e. The Hall–Kier alpha value is -4.31. The molecule has 9 nitrogen and oxygen atoms in total. The van der Waals surface area contributed by atoms with Gasteiger partial charge in [-0.15, -0.1) is 0 Å². The summed E-state index contributed by atoms with van der Waals surface area (Å²) < 4.78 is 6.83. The molecular weight excluding hydrogens is 458 g/mol. The van der Waals surface area contributed by atoms with E-state index in [4.69, 9.17) is 9.84 Å². The maximum atomic E-state index is 12.8. The molecule has 3 amide bonds. The van der Waals surface area contributed by atoms with Crippen molar-refractivity contribution in [3.63, 3.8) is 0 Å². The minimum atomic E-state index is -1.02. The molecule has 1 aliphatic heterocycles. The molecule has 2 aromatic carbocycles. The number of carboxylic acids is 1. The summed E-state index contributed by atoms with van der Waals surface area (Å²) in [5, 5.41) is 11.2. The van der Waals surface area contributed by atoms with Crippen LogP contribution in [0.15, 0.2) is 71.8 Å². The van der Waals surface area contributed by atoms with Gasteiger partial charge >= 0.3 is 5.97 Å². The van der Waals surface area contributed by atoms with Gasteiger partial charge in [0.15, 0.2) is 0 Å². The minimum Gasteiger partial charge on any atom is -0.497 e. The molecule has 2 N–H and O–H groups in total. The van der Waals surface area contributed by atoms with Crippen molar-refractivity contribution in [3.8, 4) is 11.4 Å². The molecule has 0 radical (unpaired) electrons. The van der Waals surface area contributed by atoms with Crippen LogP contribution in [0.1, 0.15) is 16.1 Å². The van der Waals surface area contributed by atoms with Gasteiger partial charge in [0.1, 0.15) is 12.3 Å². The predicted octanol–water partition coefficient (Wildman–Crippen LogP) is 3.86. The first kappa shape index (κ1) is 22.9. The fourth-order valence-electron chi connectivity index (χ4n) is 3.30. The molecule has 1 aliphatic rings. The van der Waals surface area contributed by atoms with E-state index < -0.39 is 29.6 Å². The normalized spacial score (nSPS) is 14.5. The SMILES string of the molecule is COc1ccc(NC(=O)CN2C(=O)S/C(=C\c3cccn3-c3ccc(C(=O)O)cc3)C2=O)cc1. The molecule has 0 aliphatic carbocycles. The molecule has 10 heteroatoms. The number of amides is 3. The first-order valence-corrected chi connectivity index (χ1v) is 10.9. The van der Waals surface area contributed by atoms with Gasteiger partial charge in [-0.3, -0.25) is 19.3 Å². The topological polar surface area (TPSA) is 118 Å². The first-order valence-electron chi connectivity index (χ1n) is 10.1. The second kappa shape index (κ2) is 9.67. The number of hydrogen-bond acceptors (Lipinski definition) is 6. The van der Waals surface area contributed by atoms with Crippen molar-refractivity contribution >= 4 is 46.5 Å². The highest BCUT2D eigenvalue weighted by Crippen LogP contribution is 2.32. The predicted molar refractivity (Wildman–Crippen MR) is 127 cm³/mol. The Labute approximate surface area is 198 Å². The number of nitrogens with one attached hydrogen (secondary N) is 1. The van der Waals surface area contributed by atoms with Gasteiger partial charge in [-0.1, -0.05) is 0 Å². The van der Waals surface area contributed by atoms with Gasteiger partial charge in [0.2, 0.25) is 5.91 Å². The van der Waals surface area contributed by atoms with Gasteiger partial charge in [0.05, 0.1) is 17.6 Å². The van der Waals surface area contributed by atoms with Crippen LogP contribution in [0.4, 0.5) is 10.5 Å². The lowest BCUT2D eigenvalue weighted by atomic mass is 10.2. The zero-order valence-corrected chi connectivity index (χ0v) is 18.7. The molecule has 2 heterocycles. The quantitative estimate of drug-likeness (QED) is 0.496. The van der Waals surface area contributed by atoms with Crippen molar-refractivity contribution in [2.45, 2.75) is 0 Å². The summed E-state index contributed by atoms with van der Waals surface area (Å²) in [5.74, 6) is -1.45. The van der Waals surface area contributed by atoms with Crippen LogP contribution in [-0.2, 0) is 9.59 Å². The lowest BCUT2D eigenvalue weighted by Gasteiger charge is -2.12. The molecule has 1 aromatic heterocycles. The molecule has 1 saturated heterocycles. The molecule has 0 spiro atoms. The van der Waals surface area contributed by atoms with E-state index in [0.29, 0.717) is 22.8 Å². The number of methoxy groups -OCH3 is 1. The van der Waals surface area contributed by atoms with Gasteiger partial charge in [0.25, 0.3) is 11.1 Å². The number of carbonyl (C=O) groups excluding carboxylic acids is 3. The fraction of sp³-hybridized carbons (Fsp3) is 0.0833. The summed E-state index contributed by atoms with van der Waals surface area (Å²) in [6.07, 6.45) is 3.32. The standard InChI is InChI=1S/C24H19N3O6S/c1-33-19-10-6-16(7-11-19)25-21(28)14-27-22(29)20(34-24(27)32)13-18-3-2-12-26(18)17-8-4-15(5-9-17)23(30)31/h2-13H,14H2,1H3,(H,25,28)(H,30,31)/b20-13-. The van der Waals surface area contributed by atoms with Gasteiger partial charge in [-0.05, 0) is 78.5 Å². The van der Waals surface area contributed by atoms with Crippen LogP contribution in [0.2, 0.25) is 0 Å². The third-order valence-electron chi connectivity index (χ3n) is 5.00. The van der Waals surface area contributed by atoms with Crippen molar-refractivity contribution < 1.29 is 29.0 Å². The van der Waals surface area contributed by atoms with E-state index in [9.17, 15) is 19.2 Å². The minimum absolute atomic E-state index is 0.159. The molecule has 0 unspecified atom stereocenters. The molecule has 34 heavy (non-hydrogen) atoms. The Bertz CT molecular complexity index is 1300. The second-order valence-corrected chi connectivity index (χ2v) is 8.19. The number of thioether (sulfide) groups is 1.